The second kappa shape index (κ2) is 8.14. The molecule has 5 nitrogen and oxygen atoms in total. The highest BCUT2D eigenvalue weighted by atomic mass is 35.5. The molecular weight excluding hydrogens is 302 g/mol. The van der Waals surface area contributed by atoms with Crippen LogP contribution in [0.15, 0.2) is 43.0 Å². The molecule has 0 aliphatic heterocycles. The zero-order valence-corrected chi connectivity index (χ0v) is 13.5. The summed E-state index contributed by atoms with van der Waals surface area (Å²) in [6.07, 6.45) is 7.18. The number of hydrogen-bond acceptors (Lipinski definition) is 3. The summed E-state index contributed by atoms with van der Waals surface area (Å²) in [6, 6.07) is 3.00. The van der Waals surface area contributed by atoms with Crippen LogP contribution in [0.2, 0.25) is 5.15 Å². The smallest absolute Gasteiger partial charge is 0.356 e. The Morgan fingerprint density at radius 1 is 1.36 bits per heavy atom. The van der Waals surface area contributed by atoms with Gasteiger partial charge in [0.05, 0.1) is 5.69 Å². The molecule has 0 unspecified atom stereocenters. The molecule has 0 aliphatic carbocycles. The first-order valence-electron chi connectivity index (χ1n) is 6.82. The number of rotatable bonds is 4. The maximum atomic E-state index is 10.9. The third kappa shape index (κ3) is 3.83. The lowest BCUT2D eigenvalue weighted by Gasteiger charge is -2.03. The Hall–Kier alpha value is -2.40. The third-order valence-electron chi connectivity index (χ3n) is 2.54. The van der Waals surface area contributed by atoms with Crippen LogP contribution < -0.4 is 0 Å². The van der Waals surface area contributed by atoms with E-state index in [1.54, 1.807) is 18.2 Å². The molecule has 1 N–H and O–H groups in total. The standard InChI is InChI=1S/C14H12ClN3O2.C2H6/c1-3-5-9(6-4-2)10-7-12(15)18-13(16-10)8-11(17-18)14(19)20;1-2/h3-8H,1H2,2H3,(H,19,20);1-2H3/b6-4-,9-5+;. The van der Waals surface area contributed by atoms with Crippen molar-refractivity contribution in [3.8, 4) is 0 Å². The minimum atomic E-state index is -1.12. The van der Waals surface area contributed by atoms with Crippen LogP contribution in [0.5, 0.6) is 0 Å². The van der Waals surface area contributed by atoms with Gasteiger partial charge < -0.3 is 5.11 Å². The van der Waals surface area contributed by atoms with Gasteiger partial charge in [-0.3, -0.25) is 0 Å². The van der Waals surface area contributed by atoms with Crippen molar-refractivity contribution < 1.29 is 9.90 Å². The van der Waals surface area contributed by atoms with E-state index in [1.807, 2.05) is 32.9 Å². The lowest BCUT2D eigenvalue weighted by Crippen LogP contribution is -1.99. The van der Waals surface area contributed by atoms with Crippen LogP contribution >= 0.6 is 11.6 Å². The van der Waals surface area contributed by atoms with Gasteiger partial charge in [-0.1, -0.05) is 56.3 Å². The molecule has 2 aromatic heterocycles. The first-order valence-corrected chi connectivity index (χ1v) is 7.20. The Balaban J connectivity index is 0.00000116. The van der Waals surface area contributed by atoms with Gasteiger partial charge in [-0.05, 0) is 12.5 Å². The fourth-order valence-corrected chi connectivity index (χ4v) is 1.95. The highest BCUT2D eigenvalue weighted by molar-refractivity contribution is 6.29. The first-order chi connectivity index (χ1) is 10.6. The maximum absolute atomic E-state index is 10.9. The number of aromatic carboxylic acids is 1. The number of fused-ring (bicyclic) bond motifs is 1. The Morgan fingerprint density at radius 3 is 2.59 bits per heavy atom. The largest absolute Gasteiger partial charge is 0.476 e. The van der Waals surface area contributed by atoms with Gasteiger partial charge in [0.1, 0.15) is 5.15 Å². The lowest BCUT2D eigenvalue weighted by molar-refractivity contribution is 0.0690. The summed E-state index contributed by atoms with van der Waals surface area (Å²) in [6.45, 7) is 9.54. The van der Waals surface area contributed by atoms with E-state index in [-0.39, 0.29) is 10.8 Å². The summed E-state index contributed by atoms with van der Waals surface area (Å²) in [5.74, 6) is -1.12. The molecule has 6 heteroatoms. The fourth-order valence-electron chi connectivity index (χ4n) is 1.72. The van der Waals surface area contributed by atoms with E-state index < -0.39 is 5.97 Å². The average molecular weight is 320 g/mol. The average Bonchev–Trinajstić information content (AvgIpc) is 2.94. The molecule has 2 heterocycles. The van der Waals surface area contributed by atoms with Crippen LogP contribution in [0.1, 0.15) is 37.0 Å². The fraction of sp³-hybridized carbons (Fsp3) is 0.188. The molecule has 0 saturated carbocycles. The van der Waals surface area contributed by atoms with Gasteiger partial charge in [-0.2, -0.15) is 5.10 Å². The summed E-state index contributed by atoms with van der Waals surface area (Å²) in [7, 11) is 0. The van der Waals surface area contributed by atoms with Crippen LogP contribution in [-0.2, 0) is 0 Å². The number of hydrogen-bond donors (Lipinski definition) is 1. The van der Waals surface area contributed by atoms with Gasteiger partial charge in [-0.15, -0.1) is 0 Å². The van der Waals surface area contributed by atoms with Gasteiger partial charge in [0.15, 0.2) is 11.3 Å². The molecule has 0 radical (unpaired) electrons. The third-order valence-corrected chi connectivity index (χ3v) is 2.81. The minimum absolute atomic E-state index is 0.100. The first kappa shape index (κ1) is 17.7. The SMILES string of the molecule is C=C/C=C(\C=C/C)c1cc(Cl)n2nc(C(=O)O)cc2n1.CC. The van der Waals surface area contributed by atoms with E-state index >= 15 is 0 Å². The Kier molecular flexibility index (Phi) is 6.53. The number of allylic oxidation sites excluding steroid dienone is 5. The molecule has 2 aromatic rings. The van der Waals surface area contributed by atoms with Gasteiger partial charge >= 0.3 is 5.97 Å². The molecule has 22 heavy (non-hydrogen) atoms. The van der Waals surface area contributed by atoms with Crippen molar-refractivity contribution in [1.82, 2.24) is 14.6 Å². The zero-order valence-electron chi connectivity index (χ0n) is 12.7. The van der Waals surface area contributed by atoms with Crippen molar-refractivity contribution in [2.75, 3.05) is 0 Å². The van der Waals surface area contributed by atoms with Crippen molar-refractivity contribution in [2.24, 2.45) is 0 Å². The predicted octanol–water partition coefficient (Wildman–Crippen LogP) is 4.25. The Morgan fingerprint density at radius 2 is 2.05 bits per heavy atom. The monoisotopic (exact) mass is 319 g/mol. The van der Waals surface area contributed by atoms with Crippen molar-refractivity contribution in [1.29, 1.82) is 0 Å². The molecule has 0 aromatic carbocycles. The van der Waals surface area contributed by atoms with E-state index in [9.17, 15) is 4.79 Å². The number of nitrogens with zero attached hydrogens (tertiary/aromatic N) is 3. The molecule has 0 bridgehead atoms. The van der Waals surface area contributed by atoms with E-state index in [1.165, 1.54) is 10.6 Å². The second-order valence-corrected chi connectivity index (χ2v) is 4.31. The number of carbonyl (C=O) groups is 1. The van der Waals surface area contributed by atoms with Crippen LogP contribution in [0.4, 0.5) is 0 Å². The number of carboxylic acids is 1. The molecule has 116 valence electrons. The van der Waals surface area contributed by atoms with Crippen LogP contribution in [0.25, 0.3) is 11.2 Å². The van der Waals surface area contributed by atoms with Crippen LogP contribution in [0.3, 0.4) is 0 Å². The number of halogens is 1. The number of carboxylic acid groups (broad SMARTS) is 1. The highest BCUT2D eigenvalue weighted by Gasteiger charge is 2.13. The van der Waals surface area contributed by atoms with Crippen LogP contribution in [0, 0.1) is 0 Å². The Labute approximate surface area is 134 Å². The summed E-state index contributed by atoms with van der Waals surface area (Å²) < 4.78 is 1.29. The molecule has 0 atom stereocenters. The highest BCUT2D eigenvalue weighted by Crippen LogP contribution is 2.20. The number of aromatic nitrogens is 3. The van der Waals surface area contributed by atoms with Crippen LogP contribution in [-0.4, -0.2) is 25.7 Å². The van der Waals surface area contributed by atoms with Gasteiger partial charge in [-0.25, -0.2) is 14.3 Å². The maximum Gasteiger partial charge on any atom is 0.356 e. The molecule has 0 amide bonds. The van der Waals surface area contributed by atoms with E-state index in [0.29, 0.717) is 11.3 Å². The van der Waals surface area contributed by atoms with Gasteiger partial charge in [0.25, 0.3) is 0 Å². The summed E-state index contributed by atoms with van der Waals surface area (Å²) in [5.41, 5.74) is 1.73. The van der Waals surface area contributed by atoms with Crippen molar-refractivity contribution in [2.45, 2.75) is 20.8 Å². The van der Waals surface area contributed by atoms with Gasteiger partial charge in [0, 0.05) is 12.1 Å². The Bertz CT molecular complexity index is 745. The molecule has 0 fully saturated rings. The summed E-state index contributed by atoms with van der Waals surface area (Å²) in [4.78, 5) is 15.3. The van der Waals surface area contributed by atoms with Crippen molar-refractivity contribution in [3.05, 3.63) is 59.6 Å². The van der Waals surface area contributed by atoms with E-state index in [0.717, 1.165) is 5.57 Å². The normalized spacial score (nSPS) is 11.4. The molecule has 0 saturated heterocycles. The molecule has 0 aliphatic rings. The van der Waals surface area contributed by atoms with E-state index in [2.05, 4.69) is 16.7 Å². The quantitative estimate of drug-likeness (QED) is 0.675. The van der Waals surface area contributed by atoms with Gasteiger partial charge in [0.2, 0.25) is 0 Å². The molecular formula is C16H18ClN3O2. The molecule has 2 rings (SSSR count). The predicted molar refractivity (Wildman–Crippen MR) is 89.3 cm³/mol. The van der Waals surface area contributed by atoms with E-state index in [4.69, 9.17) is 16.7 Å². The van der Waals surface area contributed by atoms with Crippen molar-refractivity contribution >= 4 is 28.8 Å². The zero-order chi connectivity index (χ0) is 16.7. The minimum Gasteiger partial charge on any atom is -0.476 e. The van der Waals surface area contributed by atoms with Crippen molar-refractivity contribution in [3.63, 3.8) is 0 Å². The molecule has 0 spiro atoms. The summed E-state index contributed by atoms with van der Waals surface area (Å²) in [5, 5.41) is 13.1. The topological polar surface area (TPSA) is 67.5 Å². The second-order valence-electron chi connectivity index (χ2n) is 3.93. The lowest BCUT2D eigenvalue weighted by atomic mass is 10.1. The summed E-state index contributed by atoms with van der Waals surface area (Å²) >= 11 is 6.11.